The number of carbonyl (C=O) groups is 1. The smallest absolute Gasteiger partial charge is 0.332 e. The van der Waals surface area contributed by atoms with Gasteiger partial charge in [0, 0.05) is 18.2 Å². The molecule has 4 heteroatoms. The molecule has 1 heterocycles. The predicted octanol–water partition coefficient (Wildman–Crippen LogP) is 0.474. The summed E-state index contributed by atoms with van der Waals surface area (Å²) in [7, 11) is 0. The van der Waals surface area contributed by atoms with Gasteiger partial charge < -0.3 is 10.2 Å². The van der Waals surface area contributed by atoms with Crippen LogP contribution in [0, 0.1) is 0 Å². The molecule has 4 nitrogen and oxygen atoms in total. The molecule has 0 radical (unpaired) electrons. The van der Waals surface area contributed by atoms with Crippen LogP contribution < -0.4 is 0 Å². The molecule has 14 heavy (non-hydrogen) atoms. The molecule has 0 spiro atoms. The fraction of sp³-hybridized carbons (Fsp3) is 0.700. The van der Waals surface area contributed by atoms with E-state index in [4.69, 9.17) is 10.2 Å². The van der Waals surface area contributed by atoms with Crippen molar-refractivity contribution in [2.24, 2.45) is 0 Å². The molecule has 1 saturated heterocycles. The summed E-state index contributed by atoms with van der Waals surface area (Å²) < 4.78 is 0. The Balaban J connectivity index is 2.48. The summed E-state index contributed by atoms with van der Waals surface area (Å²) in [5, 5.41) is 17.8. The van der Waals surface area contributed by atoms with Gasteiger partial charge in [0.15, 0.2) is 0 Å². The summed E-state index contributed by atoms with van der Waals surface area (Å²) in [5.74, 6) is -0.952. The van der Waals surface area contributed by atoms with E-state index in [0.29, 0.717) is 6.54 Å². The second-order valence-corrected chi connectivity index (χ2v) is 3.71. The molecule has 0 amide bonds. The van der Waals surface area contributed by atoms with E-state index < -0.39 is 5.97 Å². The molecular weight excluding hydrogens is 182 g/mol. The van der Waals surface area contributed by atoms with Gasteiger partial charge in [-0.25, -0.2) is 4.79 Å². The molecule has 1 aliphatic rings. The van der Waals surface area contributed by atoms with E-state index in [2.05, 4.69) is 6.58 Å². The van der Waals surface area contributed by atoms with E-state index in [0.717, 1.165) is 25.8 Å². The molecular formula is C10H17NO3. The molecule has 0 aromatic carbocycles. The maximum Gasteiger partial charge on any atom is 0.332 e. The molecule has 1 fully saturated rings. The lowest BCUT2D eigenvalue weighted by molar-refractivity contribution is -0.133. The van der Waals surface area contributed by atoms with Crippen molar-refractivity contribution in [2.45, 2.75) is 25.3 Å². The number of piperidine rings is 1. The normalized spacial score (nSPS) is 23.4. The lowest BCUT2D eigenvalue weighted by Crippen LogP contribution is -2.43. The van der Waals surface area contributed by atoms with Crippen LogP contribution in [0.4, 0.5) is 0 Å². The Hall–Kier alpha value is -0.870. The highest BCUT2D eigenvalue weighted by molar-refractivity contribution is 5.86. The highest BCUT2D eigenvalue weighted by Gasteiger charge is 2.22. The zero-order valence-electron chi connectivity index (χ0n) is 8.28. The number of rotatable bonds is 4. The van der Waals surface area contributed by atoms with Crippen LogP contribution in [-0.4, -0.2) is 46.8 Å². The maximum absolute atomic E-state index is 10.6. The highest BCUT2D eigenvalue weighted by Crippen LogP contribution is 2.17. The van der Waals surface area contributed by atoms with Crippen LogP contribution in [0.3, 0.4) is 0 Å². The summed E-state index contributed by atoms with van der Waals surface area (Å²) in [6.07, 6.45) is 3.13. The largest absolute Gasteiger partial charge is 0.478 e. The SMILES string of the molecule is C=C(CN1CCCCC1CO)C(=O)O. The topological polar surface area (TPSA) is 60.8 Å². The molecule has 1 aliphatic heterocycles. The monoisotopic (exact) mass is 199 g/mol. The number of aliphatic carboxylic acids is 1. The van der Waals surface area contributed by atoms with Gasteiger partial charge in [-0.3, -0.25) is 4.90 Å². The van der Waals surface area contributed by atoms with Gasteiger partial charge in [0.1, 0.15) is 0 Å². The summed E-state index contributed by atoms with van der Waals surface area (Å²) in [5.41, 5.74) is 0.199. The first-order valence-electron chi connectivity index (χ1n) is 4.91. The van der Waals surface area contributed by atoms with Crippen molar-refractivity contribution < 1.29 is 15.0 Å². The number of likely N-dealkylation sites (tertiary alicyclic amines) is 1. The fourth-order valence-corrected chi connectivity index (χ4v) is 1.79. The number of aliphatic hydroxyl groups is 1. The second kappa shape index (κ2) is 5.12. The average Bonchev–Trinajstić information content (AvgIpc) is 2.18. The summed E-state index contributed by atoms with van der Waals surface area (Å²) >= 11 is 0. The molecule has 80 valence electrons. The first kappa shape index (κ1) is 11.2. The first-order valence-corrected chi connectivity index (χ1v) is 4.91. The third-order valence-corrected chi connectivity index (χ3v) is 2.66. The minimum Gasteiger partial charge on any atom is -0.478 e. The van der Waals surface area contributed by atoms with Crippen molar-refractivity contribution in [3.63, 3.8) is 0 Å². The van der Waals surface area contributed by atoms with E-state index in [1.54, 1.807) is 0 Å². The molecule has 1 atom stereocenters. The minimum atomic E-state index is -0.952. The van der Waals surface area contributed by atoms with Crippen molar-refractivity contribution in [1.29, 1.82) is 0 Å². The minimum absolute atomic E-state index is 0.104. The average molecular weight is 199 g/mol. The summed E-state index contributed by atoms with van der Waals surface area (Å²) in [4.78, 5) is 12.6. The van der Waals surface area contributed by atoms with Crippen LogP contribution in [0.1, 0.15) is 19.3 Å². The van der Waals surface area contributed by atoms with Gasteiger partial charge >= 0.3 is 5.97 Å². The van der Waals surface area contributed by atoms with E-state index in [9.17, 15) is 4.79 Å². The summed E-state index contributed by atoms with van der Waals surface area (Å²) in [6, 6.07) is 0.111. The first-order chi connectivity index (χ1) is 6.65. The second-order valence-electron chi connectivity index (χ2n) is 3.71. The predicted molar refractivity (Wildman–Crippen MR) is 53.1 cm³/mol. The van der Waals surface area contributed by atoms with Crippen molar-refractivity contribution in [3.8, 4) is 0 Å². The van der Waals surface area contributed by atoms with Crippen molar-refractivity contribution >= 4 is 5.97 Å². The van der Waals surface area contributed by atoms with Crippen LogP contribution in [0.5, 0.6) is 0 Å². The number of hydrogen-bond acceptors (Lipinski definition) is 3. The van der Waals surface area contributed by atoms with Crippen LogP contribution in [0.2, 0.25) is 0 Å². The zero-order valence-corrected chi connectivity index (χ0v) is 8.28. The van der Waals surface area contributed by atoms with E-state index in [1.807, 2.05) is 4.90 Å². The Labute approximate surface area is 83.8 Å². The highest BCUT2D eigenvalue weighted by atomic mass is 16.4. The van der Waals surface area contributed by atoms with Gasteiger partial charge in [-0.1, -0.05) is 13.0 Å². The Bertz CT molecular complexity index is 227. The number of aliphatic hydroxyl groups excluding tert-OH is 1. The molecule has 0 aromatic heterocycles. The quantitative estimate of drug-likeness (QED) is 0.646. The molecule has 1 rings (SSSR count). The molecule has 0 aliphatic carbocycles. The van der Waals surface area contributed by atoms with Crippen molar-refractivity contribution in [2.75, 3.05) is 19.7 Å². The van der Waals surface area contributed by atoms with Gasteiger partial charge in [-0.05, 0) is 19.4 Å². The summed E-state index contributed by atoms with van der Waals surface area (Å²) in [6.45, 7) is 4.82. The van der Waals surface area contributed by atoms with Gasteiger partial charge in [0.2, 0.25) is 0 Å². The number of carboxylic acids is 1. The van der Waals surface area contributed by atoms with Gasteiger partial charge in [-0.15, -0.1) is 0 Å². The van der Waals surface area contributed by atoms with Gasteiger partial charge in [0.25, 0.3) is 0 Å². The number of nitrogens with zero attached hydrogens (tertiary/aromatic N) is 1. The van der Waals surface area contributed by atoms with Crippen LogP contribution in [0.15, 0.2) is 12.2 Å². The third-order valence-electron chi connectivity index (χ3n) is 2.66. The van der Waals surface area contributed by atoms with Gasteiger partial charge in [-0.2, -0.15) is 0 Å². The Morgan fingerprint density at radius 1 is 1.50 bits per heavy atom. The van der Waals surface area contributed by atoms with Crippen LogP contribution in [-0.2, 0) is 4.79 Å². The lowest BCUT2D eigenvalue weighted by Gasteiger charge is -2.34. The standard InChI is InChI=1S/C10H17NO3/c1-8(10(13)14)6-11-5-3-2-4-9(11)7-12/h9,12H,1-7H2,(H,13,14). The van der Waals surface area contributed by atoms with Gasteiger partial charge in [0.05, 0.1) is 6.61 Å². The van der Waals surface area contributed by atoms with Crippen LogP contribution in [0.25, 0.3) is 0 Å². The third kappa shape index (κ3) is 2.82. The lowest BCUT2D eigenvalue weighted by atomic mass is 10.0. The van der Waals surface area contributed by atoms with Crippen molar-refractivity contribution in [3.05, 3.63) is 12.2 Å². The fourth-order valence-electron chi connectivity index (χ4n) is 1.79. The molecule has 1 unspecified atom stereocenters. The molecule has 0 bridgehead atoms. The molecule has 0 saturated carbocycles. The zero-order chi connectivity index (χ0) is 10.6. The van der Waals surface area contributed by atoms with Crippen molar-refractivity contribution in [1.82, 2.24) is 4.90 Å². The van der Waals surface area contributed by atoms with E-state index in [-0.39, 0.29) is 18.2 Å². The molecule has 0 aromatic rings. The Kier molecular flexibility index (Phi) is 4.10. The maximum atomic E-state index is 10.6. The molecule has 2 N–H and O–H groups in total. The van der Waals surface area contributed by atoms with E-state index in [1.165, 1.54) is 0 Å². The van der Waals surface area contributed by atoms with Crippen LogP contribution >= 0.6 is 0 Å². The Morgan fingerprint density at radius 3 is 2.79 bits per heavy atom. The Morgan fingerprint density at radius 2 is 2.21 bits per heavy atom. The van der Waals surface area contributed by atoms with E-state index >= 15 is 0 Å². The number of carboxylic acid groups (broad SMARTS) is 1. The number of hydrogen-bond donors (Lipinski definition) is 2.